The molecule has 0 aromatic heterocycles. The Balaban J connectivity index is 1.73. The van der Waals surface area contributed by atoms with Crippen molar-refractivity contribution in [3.05, 3.63) is 59.7 Å². The average Bonchev–Trinajstić information content (AvgIpc) is 2.57. The van der Waals surface area contributed by atoms with Gasteiger partial charge in [0.15, 0.2) is 0 Å². The molecule has 28 heavy (non-hydrogen) atoms. The maximum atomic E-state index is 12.6. The zero-order valence-electron chi connectivity index (χ0n) is 14.7. The van der Waals surface area contributed by atoms with Crippen LogP contribution in [0.25, 0.3) is 0 Å². The predicted molar refractivity (Wildman–Crippen MR) is 88.6 cm³/mol. The summed E-state index contributed by atoms with van der Waals surface area (Å²) >= 11 is 0. The minimum absolute atomic E-state index is 0.107. The Labute approximate surface area is 157 Å². The maximum Gasteiger partial charge on any atom is 0.573 e. The van der Waals surface area contributed by atoms with Gasteiger partial charge in [0.25, 0.3) is 0 Å². The molecule has 3 nitrogen and oxygen atoms in total. The first-order valence-electron chi connectivity index (χ1n) is 8.47. The fraction of sp³-hybridized carbons (Fsp3) is 0.368. The number of para-hydroxylation sites is 1. The van der Waals surface area contributed by atoms with Crippen LogP contribution in [-0.4, -0.2) is 23.7 Å². The van der Waals surface area contributed by atoms with Crippen LogP contribution < -0.4 is 9.47 Å². The van der Waals surface area contributed by atoms with Gasteiger partial charge in [0.1, 0.15) is 11.5 Å². The highest BCUT2D eigenvalue weighted by Crippen LogP contribution is 2.41. The molecule has 152 valence electrons. The highest BCUT2D eigenvalue weighted by atomic mass is 19.4. The van der Waals surface area contributed by atoms with Gasteiger partial charge in [0, 0.05) is 24.2 Å². The SMILES string of the molecule is CC1CC(c2ccc(OC(F)(F)F)cc2)N1Cc1ccccc1OC(F)(F)F. The van der Waals surface area contributed by atoms with E-state index in [-0.39, 0.29) is 30.1 Å². The van der Waals surface area contributed by atoms with Crippen molar-refractivity contribution in [2.24, 2.45) is 0 Å². The molecule has 1 fully saturated rings. The summed E-state index contributed by atoms with van der Waals surface area (Å²) in [6.07, 6.45) is -8.81. The molecule has 0 aliphatic carbocycles. The molecule has 0 spiro atoms. The maximum absolute atomic E-state index is 12.6. The van der Waals surface area contributed by atoms with Gasteiger partial charge in [-0.25, -0.2) is 0 Å². The summed E-state index contributed by atoms with van der Waals surface area (Å²) in [6, 6.07) is 11.4. The number of benzene rings is 2. The first kappa shape index (κ1) is 20.3. The number of hydrogen-bond acceptors (Lipinski definition) is 3. The molecule has 0 saturated carbocycles. The van der Waals surface area contributed by atoms with Crippen LogP contribution in [0.2, 0.25) is 0 Å². The van der Waals surface area contributed by atoms with Crippen molar-refractivity contribution in [3.8, 4) is 11.5 Å². The standard InChI is InChI=1S/C19H17F6NO2/c1-12-10-16(13-6-8-15(9-7-13)27-18(20,21)22)26(12)11-14-4-2-3-5-17(14)28-19(23,24)25/h2-9,12,16H,10-11H2,1H3. The number of likely N-dealkylation sites (tertiary alicyclic amines) is 1. The van der Waals surface area contributed by atoms with E-state index >= 15 is 0 Å². The van der Waals surface area contributed by atoms with Gasteiger partial charge in [0.05, 0.1) is 0 Å². The summed E-state index contributed by atoms with van der Waals surface area (Å²) in [6.45, 7) is 2.16. The van der Waals surface area contributed by atoms with Gasteiger partial charge in [-0.2, -0.15) is 0 Å². The second kappa shape index (κ2) is 7.54. The van der Waals surface area contributed by atoms with Gasteiger partial charge in [-0.05, 0) is 37.1 Å². The molecule has 0 amide bonds. The molecule has 2 aromatic rings. The normalized spacial score (nSPS) is 20.5. The molecule has 1 saturated heterocycles. The molecule has 0 N–H and O–H groups in total. The zero-order valence-corrected chi connectivity index (χ0v) is 14.7. The second-order valence-electron chi connectivity index (χ2n) is 6.55. The number of halogens is 6. The average molecular weight is 405 g/mol. The molecular weight excluding hydrogens is 388 g/mol. The van der Waals surface area contributed by atoms with Crippen molar-refractivity contribution in [2.75, 3.05) is 0 Å². The van der Waals surface area contributed by atoms with E-state index in [4.69, 9.17) is 0 Å². The van der Waals surface area contributed by atoms with E-state index in [1.54, 1.807) is 12.1 Å². The number of rotatable bonds is 5. The van der Waals surface area contributed by atoms with Crippen molar-refractivity contribution < 1.29 is 35.8 Å². The van der Waals surface area contributed by atoms with Gasteiger partial charge < -0.3 is 9.47 Å². The Bertz CT molecular complexity index is 803. The molecule has 1 aliphatic heterocycles. The molecule has 0 radical (unpaired) electrons. The van der Waals surface area contributed by atoms with E-state index in [1.165, 1.54) is 36.4 Å². The van der Waals surface area contributed by atoms with E-state index in [1.807, 2.05) is 11.8 Å². The lowest BCUT2D eigenvalue weighted by Gasteiger charge is -2.47. The lowest BCUT2D eigenvalue weighted by atomic mass is 9.87. The summed E-state index contributed by atoms with van der Waals surface area (Å²) in [5, 5.41) is 0. The molecule has 2 aromatic carbocycles. The summed E-state index contributed by atoms with van der Waals surface area (Å²) in [5.41, 5.74) is 1.15. The third-order valence-electron chi connectivity index (χ3n) is 4.58. The van der Waals surface area contributed by atoms with Gasteiger partial charge in [-0.15, -0.1) is 26.3 Å². The summed E-state index contributed by atoms with van der Waals surface area (Å²) < 4.78 is 82.5. The third kappa shape index (κ3) is 5.09. The zero-order chi connectivity index (χ0) is 20.5. The summed E-state index contributed by atoms with van der Waals surface area (Å²) in [4.78, 5) is 1.97. The lowest BCUT2D eigenvalue weighted by Crippen LogP contribution is -2.47. The fourth-order valence-electron chi connectivity index (χ4n) is 3.30. The number of hydrogen-bond donors (Lipinski definition) is 0. The van der Waals surface area contributed by atoms with E-state index in [9.17, 15) is 26.3 Å². The van der Waals surface area contributed by atoms with E-state index < -0.39 is 12.7 Å². The first-order valence-corrected chi connectivity index (χ1v) is 8.47. The predicted octanol–water partition coefficient (Wildman–Crippen LogP) is 5.82. The topological polar surface area (TPSA) is 21.7 Å². The van der Waals surface area contributed by atoms with Crippen LogP contribution in [0.5, 0.6) is 11.5 Å². The smallest absolute Gasteiger partial charge is 0.406 e. The largest absolute Gasteiger partial charge is 0.573 e. The quantitative estimate of drug-likeness (QED) is 0.585. The molecule has 2 atom stereocenters. The summed E-state index contributed by atoms with van der Waals surface area (Å²) in [7, 11) is 0. The van der Waals surface area contributed by atoms with Gasteiger partial charge in [-0.1, -0.05) is 30.3 Å². The van der Waals surface area contributed by atoms with Gasteiger partial charge in [0.2, 0.25) is 0 Å². The van der Waals surface area contributed by atoms with Crippen molar-refractivity contribution in [1.82, 2.24) is 4.90 Å². The monoisotopic (exact) mass is 405 g/mol. The minimum atomic E-state index is -4.79. The Morgan fingerprint density at radius 3 is 2.07 bits per heavy atom. The Morgan fingerprint density at radius 1 is 0.893 bits per heavy atom. The van der Waals surface area contributed by atoms with Crippen LogP contribution in [0.15, 0.2) is 48.5 Å². The summed E-state index contributed by atoms with van der Waals surface area (Å²) in [5.74, 6) is -0.583. The molecule has 2 unspecified atom stereocenters. The van der Waals surface area contributed by atoms with Crippen molar-refractivity contribution in [1.29, 1.82) is 0 Å². The van der Waals surface area contributed by atoms with Crippen LogP contribution in [0.1, 0.15) is 30.5 Å². The number of alkyl halides is 6. The van der Waals surface area contributed by atoms with Crippen LogP contribution >= 0.6 is 0 Å². The van der Waals surface area contributed by atoms with Crippen molar-refractivity contribution in [3.63, 3.8) is 0 Å². The van der Waals surface area contributed by atoms with Gasteiger partial charge in [-0.3, -0.25) is 4.90 Å². The molecule has 0 bridgehead atoms. The van der Waals surface area contributed by atoms with Crippen molar-refractivity contribution >= 4 is 0 Å². The third-order valence-corrected chi connectivity index (χ3v) is 4.58. The van der Waals surface area contributed by atoms with Crippen LogP contribution in [0.3, 0.4) is 0 Å². The van der Waals surface area contributed by atoms with Crippen LogP contribution in [0, 0.1) is 0 Å². The highest BCUT2D eigenvalue weighted by molar-refractivity contribution is 5.35. The minimum Gasteiger partial charge on any atom is -0.406 e. The Kier molecular flexibility index (Phi) is 5.47. The lowest BCUT2D eigenvalue weighted by molar-refractivity contribution is -0.275. The van der Waals surface area contributed by atoms with E-state index in [0.29, 0.717) is 5.56 Å². The highest BCUT2D eigenvalue weighted by Gasteiger charge is 2.38. The molecule has 3 rings (SSSR count). The Morgan fingerprint density at radius 2 is 1.50 bits per heavy atom. The number of ether oxygens (including phenoxy) is 2. The second-order valence-corrected chi connectivity index (χ2v) is 6.55. The van der Waals surface area contributed by atoms with Gasteiger partial charge >= 0.3 is 12.7 Å². The van der Waals surface area contributed by atoms with Crippen LogP contribution in [0.4, 0.5) is 26.3 Å². The number of nitrogens with zero attached hydrogens (tertiary/aromatic N) is 1. The van der Waals surface area contributed by atoms with Crippen molar-refractivity contribution in [2.45, 2.75) is 44.7 Å². The van der Waals surface area contributed by atoms with E-state index in [0.717, 1.165) is 12.0 Å². The molecular formula is C19H17F6NO2. The molecule has 1 aliphatic rings. The van der Waals surface area contributed by atoms with E-state index in [2.05, 4.69) is 9.47 Å². The Hall–Kier alpha value is -2.42. The first-order chi connectivity index (χ1) is 13.0. The molecule has 1 heterocycles. The molecule has 9 heteroatoms. The fourth-order valence-corrected chi connectivity index (χ4v) is 3.30. The van der Waals surface area contributed by atoms with Crippen LogP contribution in [-0.2, 0) is 6.54 Å².